The number of ketones is 1. The highest BCUT2D eigenvalue weighted by Crippen LogP contribution is 2.22. The first-order valence-electron chi connectivity index (χ1n) is 8.48. The van der Waals surface area contributed by atoms with Crippen molar-refractivity contribution in [1.29, 1.82) is 0 Å². The Morgan fingerprint density at radius 3 is 2.37 bits per heavy atom. The van der Waals surface area contributed by atoms with Gasteiger partial charge in [-0.1, -0.05) is 55.5 Å². The Bertz CT molecular complexity index is 1210. The minimum absolute atomic E-state index is 0.0243. The quantitative estimate of drug-likeness (QED) is 0.226. The molecule has 0 heterocycles. The van der Waals surface area contributed by atoms with Gasteiger partial charge in [0.25, 0.3) is 15.6 Å². The highest BCUT2D eigenvalue weighted by Gasteiger charge is 2.39. The number of rotatable bonds is 4. The average molecular weight is 378 g/mol. The van der Waals surface area contributed by atoms with Gasteiger partial charge in [0.2, 0.25) is 0 Å². The first-order valence-corrected chi connectivity index (χ1v) is 9.97. The molecule has 0 aliphatic rings. The standard InChI is InChI=1S/C21H18N2O3S/c1-3-15-9-8-14(2)19(12-15)27(25,26)21(23-22)20(24)18-11-10-16-6-4-5-7-17(16)13-18/h4-13H,3H2,1-2H3. The third kappa shape index (κ3) is 3.45. The van der Waals surface area contributed by atoms with E-state index < -0.39 is 20.7 Å². The molecule has 3 aromatic rings. The molecule has 0 spiro atoms. The predicted octanol–water partition coefficient (Wildman–Crippen LogP) is 4.00. The van der Waals surface area contributed by atoms with Crippen LogP contribution in [0.25, 0.3) is 16.3 Å². The fourth-order valence-electron chi connectivity index (χ4n) is 2.93. The number of fused-ring (bicyclic) bond motifs is 1. The van der Waals surface area contributed by atoms with Crippen LogP contribution in [0.2, 0.25) is 0 Å². The van der Waals surface area contributed by atoms with Gasteiger partial charge in [0, 0.05) is 5.56 Å². The van der Waals surface area contributed by atoms with E-state index in [1.807, 2.05) is 37.3 Å². The number of carbonyl (C=O) groups excluding carboxylic acids is 1. The average Bonchev–Trinajstić information content (AvgIpc) is 2.68. The number of carbonyl (C=O) groups is 1. The minimum atomic E-state index is -4.26. The number of benzene rings is 3. The van der Waals surface area contributed by atoms with Crippen LogP contribution in [0, 0.1) is 6.92 Å². The third-order valence-corrected chi connectivity index (χ3v) is 6.30. The number of sulfone groups is 1. The maximum Gasteiger partial charge on any atom is 0.456 e. The maximum absolute atomic E-state index is 13.0. The smallest absolute Gasteiger partial charge is 0.360 e. The van der Waals surface area contributed by atoms with Crippen molar-refractivity contribution in [3.63, 3.8) is 0 Å². The molecule has 0 saturated heterocycles. The second-order valence-corrected chi connectivity index (χ2v) is 8.09. The van der Waals surface area contributed by atoms with Crippen LogP contribution < -0.4 is 0 Å². The Hall–Kier alpha value is -3.08. The predicted molar refractivity (Wildman–Crippen MR) is 105 cm³/mol. The molecule has 136 valence electrons. The lowest BCUT2D eigenvalue weighted by atomic mass is 10.0. The van der Waals surface area contributed by atoms with E-state index >= 15 is 0 Å². The highest BCUT2D eigenvalue weighted by molar-refractivity contribution is 8.08. The number of Topliss-reactive ketones (excluding diaryl/α,β-unsaturated/α-hetero) is 1. The van der Waals surface area contributed by atoms with Crippen LogP contribution in [-0.2, 0) is 16.3 Å². The molecule has 0 radical (unpaired) electrons. The summed E-state index contributed by atoms with van der Waals surface area (Å²) in [6, 6.07) is 17.3. The molecule has 5 nitrogen and oxygen atoms in total. The summed E-state index contributed by atoms with van der Waals surface area (Å²) >= 11 is 0. The van der Waals surface area contributed by atoms with Crippen molar-refractivity contribution in [3.8, 4) is 0 Å². The van der Waals surface area contributed by atoms with E-state index in [9.17, 15) is 18.7 Å². The van der Waals surface area contributed by atoms with Gasteiger partial charge in [0.15, 0.2) is 0 Å². The van der Waals surface area contributed by atoms with Crippen LogP contribution in [0.15, 0.2) is 65.6 Å². The van der Waals surface area contributed by atoms with Crippen LogP contribution >= 0.6 is 0 Å². The van der Waals surface area contributed by atoms with Crippen molar-refractivity contribution >= 4 is 31.4 Å². The summed E-state index contributed by atoms with van der Waals surface area (Å²) in [5.41, 5.74) is 10.8. The summed E-state index contributed by atoms with van der Waals surface area (Å²) in [7, 11) is -4.26. The fourth-order valence-corrected chi connectivity index (χ4v) is 4.41. The molecule has 0 fully saturated rings. The lowest BCUT2D eigenvalue weighted by Gasteiger charge is -2.07. The summed E-state index contributed by atoms with van der Waals surface area (Å²) in [6.45, 7) is 3.55. The molecule has 0 amide bonds. The monoisotopic (exact) mass is 378 g/mol. The maximum atomic E-state index is 13.0. The van der Waals surface area contributed by atoms with E-state index in [1.165, 1.54) is 12.1 Å². The van der Waals surface area contributed by atoms with Crippen LogP contribution in [0.4, 0.5) is 0 Å². The van der Waals surface area contributed by atoms with Crippen LogP contribution in [-0.4, -0.2) is 24.0 Å². The van der Waals surface area contributed by atoms with Crippen molar-refractivity contribution < 1.29 is 18.0 Å². The minimum Gasteiger partial charge on any atom is -0.360 e. The topological polar surface area (TPSA) is 87.6 Å². The molecule has 27 heavy (non-hydrogen) atoms. The first-order chi connectivity index (χ1) is 12.9. The molecule has 0 saturated carbocycles. The van der Waals surface area contributed by atoms with E-state index in [4.69, 9.17) is 0 Å². The zero-order chi connectivity index (χ0) is 19.6. The van der Waals surface area contributed by atoms with E-state index in [0.29, 0.717) is 12.0 Å². The lowest BCUT2D eigenvalue weighted by molar-refractivity contribution is -0.00158. The highest BCUT2D eigenvalue weighted by atomic mass is 32.2. The number of hydrogen-bond donors (Lipinski definition) is 0. The Kier molecular flexibility index (Phi) is 5.04. The van der Waals surface area contributed by atoms with Gasteiger partial charge in [-0.3, -0.25) is 4.79 Å². The molecule has 0 atom stereocenters. The molecule has 0 aliphatic carbocycles. The van der Waals surface area contributed by atoms with Crippen LogP contribution in [0.5, 0.6) is 0 Å². The van der Waals surface area contributed by atoms with E-state index in [2.05, 4.69) is 4.79 Å². The summed E-state index contributed by atoms with van der Waals surface area (Å²) < 4.78 is 26.0. The Labute approximate surface area is 157 Å². The zero-order valence-corrected chi connectivity index (χ0v) is 15.8. The largest absolute Gasteiger partial charge is 0.456 e. The normalized spacial score (nSPS) is 11.2. The van der Waals surface area contributed by atoms with Gasteiger partial charge >= 0.3 is 5.04 Å². The van der Waals surface area contributed by atoms with Crippen LogP contribution in [0.1, 0.15) is 28.4 Å². The number of nitrogens with zero attached hydrogens (tertiary/aromatic N) is 2. The molecule has 0 unspecified atom stereocenters. The Balaban J connectivity index is 2.10. The molecular formula is C21H18N2O3S. The summed E-state index contributed by atoms with van der Waals surface area (Å²) in [6.07, 6.45) is 0.646. The fraction of sp³-hybridized carbons (Fsp3) is 0.143. The van der Waals surface area contributed by atoms with Gasteiger partial charge in [-0.05, 0) is 47.4 Å². The van der Waals surface area contributed by atoms with Gasteiger partial charge in [-0.2, -0.15) is 0 Å². The van der Waals surface area contributed by atoms with Crippen molar-refractivity contribution in [1.82, 2.24) is 0 Å². The Morgan fingerprint density at radius 1 is 1.00 bits per heavy atom. The molecule has 3 rings (SSSR count). The molecular weight excluding hydrogens is 360 g/mol. The van der Waals surface area contributed by atoms with E-state index in [1.54, 1.807) is 25.1 Å². The molecule has 6 heteroatoms. The van der Waals surface area contributed by atoms with Crippen molar-refractivity contribution in [2.75, 3.05) is 0 Å². The molecule has 0 aliphatic heterocycles. The Morgan fingerprint density at radius 2 is 1.70 bits per heavy atom. The van der Waals surface area contributed by atoms with Gasteiger partial charge in [0.1, 0.15) is 0 Å². The zero-order valence-electron chi connectivity index (χ0n) is 15.0. The number of hydrogen-bond acceptors (Lipinski definition) is 3. The third-order valence-electron chi connectivity index (χ3n) is 4.50. The first kappa shape index (κ1) is 18.7. The summed E-state index contributed by atoms with van der Waals surface area (Å²) in [5, 5.41) is 0.835. The second kappa shape index (κ2) is 7.27. The second-order valence-electron chi connectivity index (χ2n) is 6.25. The molecule has 0 bridgehead atoms. The lowest BCUT2D eigenvalue weighted by Crippen LogP contribution is -2.26. The van der Waals surface area contributed by atoms with Gasteiger partial charge in [-0.15, -0.1) is 4.79 Å². The van der Waals surface area contributed by atoms with Gasteiger partial charge < -0.3 is 5.53 Å². The van der Waals surface area contributed by atoms with E-state index in [0.717, 1.165) is 16.3 Å². The summed E-state index contributed by atoms with van der Waals surface area (Å²) in [5.74, 6) is -0.843. The molecule has 3 aromatic carbocycles. The van der Waals surface area contributed by atoms with Crippen molar-refractivity contribution in [3.05, 3.63) is 82.9 Å². The van der Waals surface area contributed by atoms with Crippen molar-refractivity contribution in [2.45, 2.75) is 25.2 Å². The summed E-state index contributed by atoms with van der Waals surface area (Å²) in [4.78, 5) is 15.7. The molecule has 0 aromatic heterocycles. The van der Waals surface area contributed by atoms with Crippen LogP contribution in [0.3, 0.4) is 0 Å². The van der Waals surface area contributed by atoms with Crippen molar-refractivity contribution in [2.24, 2.45) is 0 Å². The number of aryl methyl sites for hydroxylation is 2. The SMILES string of the molecule is CCc1ccc(C)c(S(=O)(=O)C(=[N+]=[N-])C(=O)c2ccc3ccccc3c2)c1. The van der Waals surface area contributed by atoms with E-state index in [-0.39, 0.29) is 10.5 Å². The molecule has 0 N–H and O–H groups in total. The van der Waals surface area contributed by atoms with Gasteiger partial charge in [0.05, 0.1) is 4.90 Å². The van der Waals surface area contributed by atoms with Gasteiger partial charge in [-0.25, -0.2) is 8.42 Å².